The van der Waals surface area contributed by atoms with Gasteiger partial charge in [-0.05, 0) is 48.4 Å². The molecule has 0 spiro atoms. The number of rotatable bonds is 2. The Kier molecular flexibility index (Phi) is 4.15. The van der Waals surface area contributed by atoms with Gasteiger partial charge < -0.3 is 0 Å². The molecule has 0 bridgehead atoms. The minimum atomic E-state index is 0.0399. The quantitative estimate of drug-likeness (QED) is 0.632. The zero-order valence-electron chi connectivity index (χ0n) is 13.2. The highest BCUT2D eigenvalue weighted by Gasteiger charge is 2.23. The van der Waals surface area contributed by atoms with Gasteiger partial charge in [-0.2, -0.15) is 0 Å². The summed E-state index contributed by atoms with van der Waals surface area (Å²) in [7, 11) is 0. The minimum Gasteiger partial charge on any atom is -0.294 e. The van der Waals surface area contributed by atoms with Crippen LogP contribution in [0.25, 0.3) is 10.2 Å². The summed E-state index contributed by atoms with van der Waals surface area (Å²) in [5, 5.41) is 1.82. The van der Waals surface area contributed by atoms with E-state index in [1.807, 2.05) is 6.07 Å². The van der Waals surface area contributed by atoms with Gasteiger partial charge in [0, 0.05) is 4.88 Å². The normalized spacial score (nSPS) is 17.2. The van der Waals surface area contributed by atoms with E-state index in [0.29, 0.717) is 22.5 Å². The summed E-state index contributed by atoms with van der Waals surface area (Å²) in [6.07, 6.45) is 4.81. The van der Waals surface area contributed by atoms with E-state index >= 15 is 0 Å². The van der Waals surface area contributed by atoms with Gasteiger partial charge in [0.25, 0.3) is 5.56 Å². The number of hydrogen-bond donors (Lipinski definition) is 0. The SMILES string of the molecule is C[C@H]1CCc2c(sc3ncn(Cc4ccc(Cl)c(Cl)c4)c(=O)c23)C1. The zero-order chi connectivity index (χ0) is 16.8. The monoisotopic (exact) mass is 378 g/mol. The van der Waals surface area contributed by atoms with E-state index < -0.39 is 0 Å². The molecule has 0 amide bonds. The van der Waals surface area contributed by atoms with Gasteiger partial charge in [0.1, 0.15) is 4.83 Å². The highest BCUT2D eigenvalue weighted by molar-refractivity contribution is 7.18. The van der Waals surface area contributed by atoms with E-state index in [1.54, 1.807) is 34.4 Å². The van der Waals surface area contributed by atoms with Crippen LogP contribution in [0, 0.1) is 5.92 Å². The number of halogens is 2. The van der Waals surface area contributed by atoms with E-state index in [9.17, 15) is 4.79 Å². The Morgan fingerprint density at radius 3 is 2.96 bits per heavy atom. The van der Waals surface area contributed by atoms with Crippen molar-refractivity contribution in [3.8, 4) is 0 Å². The Labute approximate surface area is 153 Å². The fourth-order valence-corrected chi connectivity index (χ4v) is 4.98. The fourth-order valence-electron chi connectivity index (χ4n) is 3.31. The molecule has 0 fully saturated rings. The maximum absolute atomic E-state index is 13.0. The van der Waals surface area contributed by atoms with Crippen LogP contribution < -0.4 is 5.56 Å². The molecule has 0 unspecified atom stereocenters. The Hall–Kier alpha value is -1.36. The first kappa shape index (κ1) is 16.1. The first-order chi connectivity index (χ1) is 11.5. The number of aromatic nitrogens is 2. The Morgan fingerprint density at radius 2 is 2.17 bits per heavy atom. The second kappa shape index (κ2) is 6.17. The zero-order valence-corrected chi connectivity index (χ0v) is 15.5. The second-order valence-corrected chi connectivity index (χ2v) is 8.36. The lowest BCUT2D eigenvalue weighted by molar-refractivity contribution is 0.509. The van der Waals surface area contributed by atoms with Crippen molar-refractivity contribution in [2.45, 2.75) is 32.7 Å². The number of benzene rings is 1. The van der Waals surface area contributed by atoms with Crippen molar-refractivity contribution in [1.82, 2.24) is 9.55 Å². The number of hydrogen-bond acceptors (Lipinski definition) is 3. The van der Waals surface area contributed by atoms with Crippen molar-refractivity contribution >= 4 is 44.8 Å². The lowest BCUT2D eigenvalue weighted by Crippen LogP contribution is -2.22. The lowest BCUT2D eigenvalue weighted by Gasteiger charge is -2.17. The Bertz CT molecular complexity index is 993. The third kappa shape index (κ3) is 2.77. The highest BCUT2D eigenvalue weighted by atomic mass is 35.5. The molecule has 2 heterocycles. The molecule has 0 aliphatic heterocycles. The van der Waals surface area contributed by atoms with Gasteiger partial charge in [-0.25, -0.2) is 4.98 Å². The first-order valence-electron chi connectivity index (χ1n) is 7.96. The molecule has 0 saturated carbocycles. The summed E-state index contributed by atoms with van der Waals surface area (Å²) in [6, 6.07) is 5.44. The van der Waals surface area contributed by atoms with Crippen LogP contribution in [0.3, 0.4) is 0 Å². The fraction of sp³-hybridized carbons (Fsp3) is 0.333. The molecule has 1 atom stereocenters. The van der Waals surface area contributed by atoms with Gasteiger partial charge in [0.05, 0.1) is 28.3 Å². The molecule has 4 rings (SSSR count). The minimum absolute atomic E-state index is 0.0399. The smallest absolute Gasteiger partial charge is 0.262 e. The second-order valence-electron chi connectivity index (χ2n) is 6.46. The van der Waals surface area contributed by atoms with E-state index in [1.165, 1.54) is 10.4 Å². The van der Waals surface area contributed by atoms with Crippen molar-refractivity contribution in [2.24, 2.45) is 5.92 Å². The van der Waals surface area contributed by atoms with E-state index in [4.69, 9.17) is 23.2 Å². The number of nitrogens with zero attached hydrogens (tertiary/aromatic N) is 2. The van der Waals surface area contributed by atoms with Crippen molar-refractivity contribution in [2.75, 3.05) is 0 Å². The van der Waals surface area contributed by atoms with Gasteiger partial charge >= 0.3 is 0 Å². The summed E-state index contributed by atoms with van der Waals surface area (Å²) in [5.74, 6) is 0.684. The molecule has 6 heteroatoms. The van der Waals surface area contributed by atoms with Crippen LogP contribution in [0.1, 0.15) is 29.3 Å². The maximum Gasteiger partial charge on any atom is 0.262 e. The Morgan fingerprint density at radius 1 is 1.33 bits per heavy atom. The van der Waals surface area contributed by atoms with E-state index in [-0.39, 0.29) is 5.56 Å². The molecular weight excluding hydrogens is 363 g/mol. The van der Waals surface area contributed by atoms with Crippen molar-refractivity contribution in [1.29, 1.82) is 0 Å². The van der Waals surface area contributed by atoms with Crippen LogP contribution >= 0.6 is 34.5 Å². The summed E-state index contributed by atoms with van der Waals surface area (Å²) < 4.78 is 1.66. The average Bonchev–Trinajstić information content (AvgIpc) is 2.91. The number of thiophene rings is 1. The maximum atomic E-state index is 13.0. The highest BCUT2D eigenvalue weighted by Crippen LogP contribution is 2.35. The average molecular weight is 379 g/mol. The van der Waals surface area contributed by atoms with Crippen molar-refractivity contribution in [3.05, 3.63) is 60.9 Å². The standard InChI is InChI=1S/C18H16Cl2N2OS/c1-10-2-4-12-15(6-10)24-17-16(12)18(23)22(9-21-17)8-11-3-5-13(19)14(20)7-11/h3,5,7,9-10H,2,4,6,8H2,1H3/t10-/m0/s1. The molecular formula is C18H16Cl2N2OS. The Balaban J connectivity index is 1.78. The van der Waals surface area contributed by atoms with Gasteiger partial charge in [-0.15, -0.1) is 11.3 Å². The number of aryl methyl sites for hydroxylation is 1. The molecule has 0 saturated heterocycles. The van der Waals surface area contributed by atoms with E-state index in [0.717, 1.165) is 35.0 Å². The topological polar surface area (TPSA) is 34.9 Å². The van der Waals surface area contributed by atoms with E-state index in [2.05, 4.69) is 11.9 Å². The van der Waals surface area contributed by atoms with Crippen molar-refractivity contribution < 1.29 is 0 Å². The molecule has 24 heavy (non-hydrogen) atoms. The predicted molar refractivity (Wildman–Crippen MR) is 101 cm³/mol. The van der Waals surface area contributed by atoms with Crippen LogP contribution in [-0.4, -0.2) is 9.55 Å². The molecule has 3 aromatic rings. The molecule has 3 nitrogen and oxygen atoms in total. The van der Waals surface area contributed by atoms with Gasteiger partial charge in [-0.3, -0.25) is 9.36 Å². The molecule has 124 valence electrons. The summed E-state index contributed by atoms with van der Waals surface area (Å²) in [6.45, 7) is 2.71. The molecule has 0 N–H and O–H groups in total. The molecule has 1 aliphatic rings. The van der Waals surface area contributed by atoms with Gasteiger partial charge in [-0.1, -0.05) is 36.2 Å². The van der Waals surface area contributed by atoms with Gasteiger partial charge in [0.15, 0.2) is 0 Å². The summed E-state index contributed by atoms with van der Waals surface area (Å²) >= 11 is 13.7. The molecule has 1 aromatic carbocycles. The van der Waals surface area contributed by atoms with Crippen LogP contribution in [0.5, 0.6) is 0 Å². The molecule has 2 aromatic heterocycles. The lowest BCUT2D eigenvalue weighted by atomic mass is 9.89. The van der Waals surface area contributed by atoms with Crippen LogP contribution in [0.15, 0.2) is 29.3 Å². The molecule has 0 radical (unpaired) electrons. The first-order valence-corrected chi connectivity index (χ1v) is 9.54. The predicted octanol–water partition coefficient (Wildman–Crippen LogP) is 4.94. The third-order valence-corrected chi connectivity index (χ3v) is 6.52. The third-order valence-electron chi connectivity index (χ3n) is 4.62. The summed E-state index contributed by atoms with van der Waals surface area (Å²) in [5.41, 5.74) is 2.19. The van der Waals surface area contributed by atoms with Crippen LogP contribution in [0.2, 0.25) is 10.0 Å². The molecule has 1 aliphatic carbocycles. The van der Waals surface area contributed by atoms with Crippen molar-refractivity contribution in [3.63, 3.8) is 0 Å². The van der Waals surface area contributed by atoms with Crippen LogP contribution in [0.4, 0.5) is 0 Å². The number of fused-ring (bicyclic) bond motifs is 3. The largest absolute Gasteiger partial charge is 0.294 e. The van der Waals surface area contributed by atoms with Crippen LogP contribution in [-0.2, 0) is 19.4 Å². The van der Waals surface area contributed by atoms with Gasteiger partial charge in [0.2, 0.25) is 0 Å². The summed E-state index contributed by atoms with van der Waals surface area (Å²) in [4.78, 5) is 19.7.